The molecule has 98 valence electrons. The van der Waals surface area contributed by atoms with Crippen LogP contribution in [-0.4, -0.2) is 46.8 Å². The molecule has 6 nitrogen and oxygen atoms in total. The smallest absolute Gasteiger partial charge is 0.190 e. The van der Waals surface area contributed by atoms with Crippen LogP contribution in [0.3, 0.4) is 0 Å². The normalized spacial score (nSPS) is 45.1. The van der Waals surface area contributed by atoms with E-state index in [1.807, 2.05) is 30.8 Å². The second-order valence-corrected chi connectivity index (χ2v) is 5.42. The summed E-state index contributed by atoms with van der Waals surface area (Å²) in [4.78, 5) is 0. The molecular formula is C12H16N2O4. The first-order valence-corrected chi connectivity index (χ1v) is 6.26. The van der Waals surface area contributed by atoms with Crippen molar-refractivity contribution in [2.75, 3.05) is 6.61 Å². The van der Waals surface area contributed by atoms with Crippen molar-refractivity contribution < 1.29 is 18.9 Å². The van der Waals surface area contributed by atoms with Gasteiger partial charge in [-0.15, -0.1) is 0 Å². The highest BCUT2D eigenvalue weighted by Gasteiger charge is 2.60. The van der Waals surface area contributed by atoms with Crippen LogP contribution in [0, 0.1) is 0 Å². The van der Waals surface area contributed by atoms with E-state index in [1.165, 1.54) is 0 Å². The van der Waals surface area contributed by atoms with Gasteiger partial charge >= 0.3 is 0 Å². The van der Waals surface area contributed by atoms with Gasteiger partial charge in [0.1, 0.15) is 24.4 Å². The largest absolute Gasteiger partial charge is 0.370 e. The number of nitrogens with zero attached hydrogens (tertiary/aromatic N) is 2. The Labute approximate surface area is 105 Å². The van der Waals surface area contributed by atoms with Crippen molar-refractivity contribution in [2.45, 2.75) is 50.3 Å². The first kappa shape index (κ1) is 10.9. The van der Waals surface area contributed by atoms with Crippen LogP contribution in [0.4, 0.5) is 0 Å². The van der Waals surface area contributed by atoms with Crippen molar-refractivity contribution in [3.63, 3.8) is 0 Å². The van der Waals surface area contributed by atoms with Crippen LogP contribution in [0.5, 0.6) is 0 Å². The number of hydrogen-bond donors (Lipinski definition) is 0. The molecule has 0 unspecified atom stereocenters. The van der Waals surface area contributed by atoms with Gasteiger partial charge in [0, 0.05) is 12.4 Å². The molecule has 0 spiro atoms. The Balaban J connectivity index is 1.57. The van der Waals surface area contributed by atoms with E-state index >= 15 is 0 Å². The molecule has 6 heteroatoms. The lowest BCUT2D eigenvalue weighted by molar-refractivity contribution is -0.211. The van der Waals surface area contributed by atoms with Gasteiger partial charge in [0.25, 0.3) is 0 Å². The van der Waals surface area contributed by atoms with Crippen molar-refractivity contribution in [2.24, 2.45) is 0 Å². The van der Waals surface area contributed by atoms with Gasteiger partial charge in [-0.2, -0.15) is 5.10 Å². The zero-order valence-electron chi connectivity index (χ0n) is 10.4. The standard InChI is InChI=1S/C12H16N2O4/c1-12(2)17-10-9-8(16-11(10)18-12)7(6-15-9)14-5-3-4-13-14/h3-5,7-11H,6H2,1-2H3/t7-,8-,9-,10-,11-/m0/s1. The molecule has 1 aromatic rings. The van der Waals surface area contributed by atoms with E-state index < -0.39 is 5.79 Å². The first-order valence-electron chi connectivity index (χ1n) is 6.26. The van der Waals surface area contributed by atoms with Gasteiger partial charge < -0.3 is 18.9 Å². The van der Waals surface area contributed by atoms with Gasteiger partial charge in [0.15, 0.2) is 12.1 Å². The van der Waals surface area contributed by atoms with E-state index in [1.54, 1.807) is 6.20 Å². The summed E-state index contributed by atoms with van der Waals surface area (Å²) in [6, 6.07) is 2.00. The highest BCUT2D eigenvalue weighted by molar-refractivity contribution is 5.02. The molecule has 3 aliphatic rings. The molecule has 0 N–H and O–H groups in total. The SMILES string of the molecule is CC1(C)O[C@@H]2O[C@@H]3[C@H](OC[C@@H]3n3cccn3)[C@@H]2O1. The van der Waals surface area contributed by atoms with Gasteiger partial charge in [-0.1, -0.05) is 0 Å². The van der Waals surface area contributed by atoms with Crippen LogP contribution in [0.25, 0.3) is 0 Å². The number of ether oxygens (including phenoxy) is 4. The van der Waals surface area contributed by atoms with Gasteiger partial charge in [0.05, 0.1) is 6.61 Å². The van der Waals surface area contributed by atoms with Gasteiger partial charge in [-0.05, 0) is 19.9 Å². The Hall–Kier alpha value is -0.950. The molecule has 4 heterocycles. The van der Waals surface area contributed by atoms with E-state index in [4.69, 9.17) is 18.9 Å². The molecule has 0 amide bonds. The third-order valence-electron chi connectivity index (χ3n) is 3.73. The maximum Gasteiger partial charge on any atom is 0.190 e. The van der Waals surface area contributed by atoms with Crippen LogP contribution in [0.1, 0.15) is 19.9 Å². The summed E-state index contributed by atoms with van der Waals surface area (Å²) in [6.45, 7) is 4.39. The lowest BCUT2D eigenvalue weighted by Crippen LogP contribution is -2.34. The molecule has 3 fully saturated rings. The minimum Gasteiger partial charge on any atom is -0.370 e. The molecule has 0 saturated carbocycles. The van der Waals surface area contributed by atoms with Gasteiger partial charge in [0.2, 0.25) is 0 Å². The predicted octanol–water partition coefficient (Wildman–Crippen LogP) is 0.699. The van der Waals surface area contributed by atoms with E-state index in [0.29, 0.717) is 6.61 Å². The van der Waals surface area contributed by atoms with E-state index in [-0.39, 0.29) is 30.6 Å². The predicted molar refractivity (Wildman–Crippen MR) is 59.7 cm³/mol. The van der Waals surface area contributed by atoms with Crippen LogP contribution in [-0.2, 0) is 18.9 Å². The highest BCUT2D eigenvalue weighted by Crippen LogP contribution is 2.44. The van der Waals surface area contributed by atoms with Crippen molar-refractivity contribution in [1.29, 1.82) is 0 Å². The summed E-state index contributed by atoms with van der Waals surface area (Å²) in [5.74, 6) is -0.590. The summed E-state index contributed by atoms with van der Waals surface area (Å²) in [7, 11) is 0. The maximum atomic E-state index is 5.95. The highest BCUT2D eigenvalue weighted by atomic mass is 16.8. The third kappa shape index (κ3) is 1.46. The lowest BCUT2D eigenvalue weighted by Gasteiger charge is -2.22. The van der Waals surface area contributed by atoms with Gasteiger partial charge in [-0.25, -0.2) is 0 Å². The Bertz CT molecular complexity index is 447. The quantitative estimate of drug-likeness (QED) is 0.736. The minimum atomic E-state index is -0.590. The molecule has 18 heavy (non-hydrogen) atoms. The fourth-order valence-corrected chi connectivity index (χ4v) is 3.01. The molecule has 1 aromatic heterocycles. The molecule has 3 saturated heterocycles. The van der Waals surface area contributed by atoms with E-state index in [0.717, 1.165) is 0 Å². The zero-order chi connectivity index (χ0) is 12.3. The monoisotopic (exact) mass is 252 g/mol. The Kier molecular flexibility index (Phi) is 2.15. The van der Waals surface area contributed by atoms with Crippen molar-refractivity contribution in [3.05, 3.63) is 18.5 Å². The Morgan fingerprint density at radius 3 is 2.89 bits per heavy atom. The Morgan fingerprint density at radius 2 is 2.11 bits per heavy atom. The fourth-order valence-electron chi connectivity index (χ4n) is 3.01. The van der Waals surface area contributed by atoms with E-state index in [9.17, 15) is 0 Å². The van der Waals surface area contributed by atoms with Crippen LogP contribution < -0.4 is 0 Å². The molecule has 0 radical (unpaired) electrons. The van der Waals surface area contributed by atoms with Gasteiger partial charge in [-0.3, -0.25) is 4.68 Å². The van der Waals surface area contributed by atoms with Crippen molar-refractivity contribution in [1.82, 2.24) is 9.78 Å². The maximum absolute atomic E-state index is 5.95. The summed E-state index contributed by atoms with van der Waals surface area (Å²) >= 11 is 0. The molecular weight excluding hydrogens is 236 g/mol. The summed E-state index contributed by atoms with van der Waals surface area (Å²) in [5, 5.41) is 4.26. The summed E-state index contributed by atoms with van der Waals surface area (Å²) in [5.41, 5.74) is 0. The second kappa shape index (κ2) is 3.54. The minimum absolute atomic E-state index is 0.0454. The van der Waals surface area contributed by atoms with E-state index in [2.05, 4.69) is 5.10 Å². The molecule has 4 rings (SSSR count). The van der Waals surface area contributed by atoms with Crippen LogP contribution in [0.15, 0.2) is 18.5 Å². The fraction of sp³-hybridized carbons (Fsp3) is 0.750. The Morgan fingerprint density at radius 1 is 1.22 bits per heavy atom. The molecule has 0 bridgehead atoms. The topological polar surface area (TPSA) is 54.7 Å². The zero-order valence-corrected chi connectivity index (χ0v) is 10.4. The molecule has 0 aliphatic carbocycles. The molecule has 3 aliphatic heterocycles. The number of hydrogen-bond acceptors (Lipinski definition) is 5. The average Bonchev–Trinajstić information content (AvgIpc) is 2.97. The average molecular weight is 252 g/mol. The number of rotatable bonds is 1. The molecule has 5 atom stereocenters. The van der Waals surface area contributed by atoms with Crippen LogP contribution >= 0.6 is 0 Å². The molecule has 0 aromatic carbocycles. The second-order valence-electron chi connectivity index (χ2n) is 5.42. The summed E-state index contributed by atoms with van der Waals surface area (Å²) in [6.07, 6.45) is 3.12. The van der Waals surface area contributed by atoms with Crippen LogP contribution in [0.2, 0.25) is 0 Å². The lowest BCUT2D eigenvalue weighted by atomic mass is 10.1. The summed E-state index contributed by atoms with van der Waals surface area (Å²) < 4.78 is 25.2. The number of fused-ring (bicyclic) bond motifs is 3. The third-order valence-corrected chi connectivity index (χ3v) is 3.73. The van der Waals surface area contributed by atoms with Crippen molar-refractivity contribution in [3.8, 4) is 0 Å². The van der Waals surface area contributed by atoms with Crippen molar-refractivity contribution >= 4 is 0 Å². The number of aromatic nitrogens is 2. The first-order chi connectivity index (χ1) is 8.64.